The van der Waals surface area contributed by atoms with Crippen molar-refractivity contribution in [1.29, 1.82) is 0 Å². The summed E-state index contributed by atoms with van der Waals surface area (Å²) in [5, 5.41) is 4.09. The van der Waals surface area contributed by atoms with E-state index in [2.05, 4.69) is 30.4 Å². The van der Waals surface area contributed by atoms with Crippen molar-refractivity contribution in [3.8, 4) is 0 Å². The average Bonchev–Trinajstić information content (AvgIpc) is 2.08. The predicted molar refractivity (Wildman–Crippen MR) is 63.2 cm³/mol. The van der Waals surface area contributed by atoms with Crippen molar-refractivity contribution in [2.45, 2.75) is 6.92 Å². The number of nitrogens with one attached hydrogen (secondary N) is 1. The van der Waals surface area contributed by atoms with Crippen LogP contribution in [-0.4, -0.2) is 32.1 Å². The van der Waals surface area contributed by atoms with E-state index in [1.807, 2.05) is 19.1 Å². The molecule has 0 atom stereocenters. The standard InChI is InChI=1S/C11H17ClN2/c1-9-4-5-11(10(12)8-9)13-6-7-14(2)3/h4-5,8,13H,6-7H2,1-3H3. The van der Waals surface area contributed by atoms with Crippen molar-refractivity contribution in [2.24, 2.45) is 0 Å². The van der Waals surface area contributed by atoms with Gasteiger partial charge in [0.25, 0.3) is 0 Å². The van der Waals surface area contributed by atoms with E-state index in [1.165, 1.54) is 5.56 Å². The van der Waals surface area contributed by atoms with E-state index in [9.17, 15) is 0 Å². The van der Waals surface area contributed by atoms with Crippen molar-refractivity contribution in [1.82, 2.24) is 4.90 Å². The van der Waals surface area contributed by atoms with Gasteiger partial charge in [-0.3, -0.25) is 0 Å². The van der Waals surface area contributed by atoms with Gasteiger partial charge in [0.2, 0.25) is 0 Å². The molecule has 0 radical (unpaired) electrons. The summed E-state index contributed by atoms with van der Waals surface area (Å²) in [5.74, 6) is 0. The maximum Gasteiger partial charge on any atom is 0.0640 e. The Labute approximate surface area is 90.9 Å². The summed E-state index contributed by atoms with van der Waals surface area (Å²) in [7, 11) is 4.11. The smallest absolute Gasteiger partial charge is 0.0640 e. The molecule has 3 heteroatoms. The SMILES string of the molecule is Cc1ccc(NCCN(C)C)c(Cl)c1. The van der Waals surface area contributed by atoms with E-state index in [0.29, 0.717) is 0 Å². The number of rotatable bonds is 4. The van der Waals surface area contributed by atoms with Gasteiger partial charge in [-0.05, 0) is 38.7 Å². The summed E-state index contributed by atoms with van der Waals surface area (Å²) >= 11 is 6.07. The third kappa shape index (κ3) is 3.56. The van der Waals surface area contributed by atoms with Crippen molar-refractivity contribution in [3.63, 3.8) is 0 Å². The fourth-order valence-electron chi connectivity index (χ4n) is 1.18. The van der Waals surface area contributed by atoms with Gasteiger partial charge in [-0.1, -0.05) is 17.7 Å². The van der Waals surface area contributed by atoms with E-state index in [1.54, 1.807) is 0 Å². The average molecular weight is 213 g/mol. The molecule has 0 bridgehead atoms. The van der Waals surface area contributed by atoms with Crippen LogP contribution >= 0.6 is 11.6 Å². The third-order valence-corrected chi connectivity index (χ3v) is 2.31. The molecular weight excluding hydrogens is 196 g/mol. The zero-order valence-electron chi connectivity index (χ0n) is 8.97. The minimum absolute atomic E-state index is 0.795. The molecule has 1 rings (SSSR count). The van der Waals surface area contributed by atoms with Crippen LogP contribution in [0.2, 0.25) is 5.02 Å². The number of anilines is 1. The van der Waals surface area contributed by atoms with E-state index in [-0.39, 0.29) is 0 Å². The Balaban J connectivity index is 2.51. The second kappa shape index (κ2) is 5.23. The second-order valence-corrected chi connectivity index (χ2v) is 4.12. The number of benzene rings is 1. The molecule has 14 heavy (non-hydrogen) atoms. The predicted octanol–water partition coefficient (Wildman–Crippen LogP) is 2.62. The lowest BCUT2D eigenvalue weighted by atomic mass is 10.2. The molecule has 0 saturated heterocycles. The van der Waals surface area contributed by atoms with Crippen LogP contribution in [0.15, 0.2) is 18.2 Å². The number of aryl methyl sites for hydroxylation is 1. The zero-order chi connectivity index (χ0) is 10.6. The molecule has 0 aliphatic rings. The zero-order valence-corrected chi connectivity index (χ0v) is 9.73. The highest BCUT2D eigenvalue weighted by Gasteiger charge is 1.99. The molecule has 0 aromatic heterocycles. The van der Waals surface area contributed by atoms with Gasteiger partial charge in [0, 0.05) is 13.1 Å². The summed E-state index contributed by atoms with van der Waals surface area (Å²) < 4.78 is 0. The molecule has 1 aromatic rings. The van der Waals surface area contributed by atoms with Gasteiger partial charge in [-0.15, -0.1) is 0 Å². The van der Waals surface area contributed by atoms with Crippen molar-refractivity contribution >= 4 is 17.3 Å². The summed E-state index contributed by atoms with van der Waals surface area (Å²) in [6, 6.07) is 6.05. The molecule has 0 aliphatic heterocycles. The van der Waals surface area contributed by atoms with Crippen LogP contribution in [-0.2, 0) is 0 Å². The number of likely N-dealkylation sites (N-methyl/N-ethyl adjacent to an activating group) is 1. The summed E-state index contributed by atoms with van der Waals surface area (Å²) in [6.07, 6.45) is 0. The summed E-state index contributed by atoms with van der Waals surface area (Å²) in [5.41, 5.74) is 2.20. The molecule has 0 aliphatic carbocycles. The first-order chi connectivity index (χ1) is 6.59. The van der Waals surface area contributed by atoms with Crippen molar-refractivity contribution < 1.29 is 0 Å². The van der Waals surface area contributed by atoms with Crippen LogP contribution < -0.4 is 5.32 Å². The highest BCUT2D eigenvalue weighted by molar-refractivity contribution is 6.33. The van der Waals surface area contributed by atoms with Crippen LogP contribution in [0.3, 0.4) is 0 Å². The Morgan fingerprint density at radius 1 is 1.36 bits per heavy atom. The van der Waals surface area contributed by atoms with Crippen LogP contribution in [0.25, 0.3) is 0 Å². The fourth-order valence-corrected chi connectivity index (χ4v) is 1.48. The van der Waals surface area contributed by atoms with Crippen LogP contribution in [0.5, 0.6) is 0 Å². The van der Waals surface area contributed by atoms with Gasteiger partial charge in [0.15, 0.2) is 0 Å². The molecule has 2 nitrogen and oxygen atoms in total. The van der Waals surface area contributed by atoms with Gasteiger partial charge in [-0.2, -0.15) is 0 Å². The van der Waals surface area contributed by atoms with Gasteiger partial charge in [-0.25, -0.2) is 0 Å². The van der Waals surface area contributed by atoms with Gasteiger partial charge >= 0.3 is 0 Å². The monoisotopic (exact) mass is 212 g/mol. The largest absolute Gasteiger partial charge is 0.383 e. The highest BCUT2D eigenvalue weighted by Crippen LogP contribution is 2.22. The van der Waals surface area contributed by atoms with E-state index in [0.717, 1.165) is 23.8 Å². The van der Waals surface area contributed by atoms with Crippen molar-refractivity contribution in [2.75, 3.05) is 32.5 Å². The number of halogens is 1. The first-order valence-corrected chi connectivity index (χ1v) is 5.12. The summed E-state index contributed by atoms with van der Waals surface area (Å²) in [6.45, 7) is 3.95. The molecular formula is C11H17ClN2. The minimum atomic E-state index is 0.795. The maximum atomic E-state index is 6.07. The lowest BCUT2D eigenvalue weighted by Crippen LogP contribution is -2.20. The lowest BCUT2D eigenvalue weighted by molar-refractivity contribution is 0.425. The molecule has 0 unspecified atom stereocenters. The molecule has 1 N–H and O–H groups in total. The first-order valence-electron chi connectivity index (χ1n) is 4.74. The lowest BCUT2D eigenvalue weighted by Gasteiger charge is -2.12. The first kappa shape index (κ1) is 11.3. The number of hydrogen-bond acceptors (Lipinski definition) is 2. The fraction of sp³-hybridized carbons (Fsp3) is 0.455. The Morgan fingerprint density at radius 2 is 2.07 bits per heavy atom. The quantitative estimate of drug-likeness (QED) is 0.826. The van der Waals surface area contributed by atoms with E-state index in [4.69, 9.17) is 11.6 Å². The van der Waals surface area contributed by atoms with Gasteiger partial charge in [0.05, 0.1) is 10.7 Å². The van der Waals surface area contributed by atoms with Crippen LogP contribution in [0.4, 0.5) is 5.69 Å². The molecule has 0 saturated carbocycles. The second-order valence-electron chi connectivity index (χ2n) is 3.71. The van der Waals surface area contributed by atoms with Gasteiger partial charge in [0.1, 0.15) is 0 Å². The molecule has 1 aromatic carbocycles. The molecule has 78 valence electrons. The summed E-state index contributed by atoms with van der Waals surface area (Å²) in [4.78, 5) is 2.13. The van der Waals surface area contributed by atoms with Crippen molar-refractivity contribution in [3.05, 3.63) is 28.8 Å². The van der Waals surface area contributed by atoms with Crippen LogP contribution in [0.1, 0.15) is 5.56 Å². The van der Waals surface area contributed by atoms with E-state index < -0.39 is 0 Å². The number of nitrogens with zero attached hydrogens (tertiary/aromatic N) is 1. The van der Waals surface area contributed by atoms with Gasteiger partial charge < -0.3 is 10.2 Å². The van der Waals surface area contributed by atoms with E-state index >= 15 is 0 Å². The Bertz CT molecular complexity index is 297. The molecule has 0 fully saturated rings. The Morgan fingerprint density at radius 3 is 2.64 bits per heavy atom. The topological polar surface area (TPSA) is 15.3 Å². The van der Waals surface area contributed by atoms with Crippen LogP contribution in [0, 0.1) is 6.92 Å². The molecule has 0 spiro atoms. The normalized spacial score (nSPS) is 10.6. The Kier molecular flexibility index (Phi) is 4.23. The maximum absolute atomic E-state index is 6.07. The number of hydrogen-bond donors (Lipinski definition) is 1. The minimum Gasteiger partial charge on any atom is -0.383 e. The third-order valence-electron chi connectivity index (χ3n) is 2.00. The molecule has 0 amide bonds. The molecule has 0 heterocycles. The Hall–Kier alpha value is -0.730. The highest BCUT2D eigenvalue weighted by atomic mass is 35.5.